The van der Waals surface area contributed by atoms with Gasteiger partial charge in [-0.15, -0.1) is 0 Å². The van der Waals surface area contributed by atoms with E-state index in [-0.39, 0.29) is 25.7 Å². The Morgan fingerprint density at radius 3 is 2.12 bits per heavy atom. The Morgan fingerprint density at radius 2 is 1.49 bits per heavy atom. The molecule has 4 atom stereocenters. The van der Waals surface area contributed by atoms with Crippen molar-refractivity contribution in [3.8, 4) is 0 Å². The lowest BCUT2D eigenvalue weighted by atomic mass is 10.0. The molecule has 0 radical (unpaired) electrons. The Morgan fingerprint density at radius 1 is 0.854 bits per heavy atom. The van der Waals surface area contributed by atoms with Crippen LogP contribution in [0.4, 0.5) is 0 Å². The minimum Gasteiger partial charge on any atom is -0.481 e. The second kappa shape index (κ2) is 15.9. The van der Waals surface area contributed by atoms with E-state index in [0.29, 0.717) is 24.9 Å². The summed E-state index contributed by atoms with van der Waals surface area (Å²) < 4.78 is 0. The van der Waals surface area contributed by atoms with Crippen LogP contribution in [0.5, 0.6) is 0 Å². The minimum absolute atomic E-state index is 0.0329. The summed E-state index contributed by atoms with van der Waals surface area (Å²) in [5.74, 6) is -5.89. The summed E-state index contributed by atoms with van der Waals surface area (Å²) in [4.78, 5) is 76.1. The number of primary amides is 1. The lowest BCUT2D eigenvalue weighted by Crippen LogP contribution is -2.57. The van der Waals surface area contributed by atoms with E-state index in [1.807, 2.05) is 18.2 Å². The Bertz CT molecular complexity index is 1250. The average molecular weight is 576 g/mol. The van der Waals surface area contributed by atoms with Crippen LogP contribution in [0.15, 0.2) is 30.5 Å². The van der Waals surface area contributed by atoms with Crippen LogP contribution in [0, 0.1) is 0 Å². The number of unbranched alkanes of at least 4 members (excludes halogenated alkanes) is 1. The van der Waals surface area contributed by atoms with Crippen molar-refractivity contribution < 1.29 is 39.0 Å². The zero-order valence-corrected chi connectivity index (χ0v) is 22.4. The second-order valence-electron chi connectivity index (χ2n) is 9.58. The second-order valence-corrected chi connectivity index (χ2v) is 9.58. The van der Waals surface area contributed by atoms with Crippen LogP contribution in [0.25, 0.3) is 10.9 Å². The number of carbonyl (C=O) groups excluding carboxylic acids is 4. The smallest absolute Gasteiger partial charge is 0.326 e. The molecule has 2 aromatic rings. The highest BCUT2D eigenvalue weighted by Gasteiger charge is 2.31. The van der Waals surface area contributed by atoms with Crippen molar-refractivity contribution >= 4 is 46.5 Å². The molecule has 1 heterocycles. The van der Waals surface area contributed by atoms with Crippen LogP contribution in [-0.2, 0) is 35.2 Å². The Labute approximate surface area is 235 Å². The van der Waals surface area contributed by atoms with Crippen LogP contribution in [0.1, 0.15) is 44.1 Å². The Balaban J connectivity index is 2.29. The summed E-state index contributed by atoms with van der Waals surface area (Å²) in [6.45, 7) is 0.319. The van der Waals surface area contributed by atoms with E-state index in [4.69, 9.17) is 22.3 Å². The topological polar surface area (TPSA) is 273 Å². The van der Waals surface area contributed by atoms with Gasteiger partial charge in [-0.25, -0.2) is 4.79 Å². The quantitative estimate of drug-likeness (QED) is 0.0922. The van der Waals surface area contributed by atoms with Gasteiger partial charge in [-0.3, -0.25) is 24.0 Å². The average Bonchev–Trinajstić information content (AvgIpc) is 3.31. The highest BCUT2D eigenvalue weighted by Crippen LogP contribution is 2.19. The van der Waals surface area contributed by atoms with Crippen molar-refractivity contribution in [3.63, 3.8) is 0 Å². The number of rotatable bonds is 18. The van der Waals surface area contributed by atoms with Gasteiger partial charge in [-0.1, -0.05) is 18.2 Å². The number of hydrogen-bond donors (Lipinski definition) is 9. The molecule has 0 aliphatic rings. The molecule has 4 amide bonds. The summed E-state index contributed by atoms with van der Waals surface area (Å²) in [6, 6.07) is 1.91. The maximum atomic E-state index is 13.5. The summed E-state index contributed by atoms with van der Waals surface area (Å²) in [5.41, 5.74) is 17.8. The van der Waals surface area contributed by atoms with E-state index in [0.717, 1.165) is 10.9 Å². The first-order chi connectivity index (χ1) is 19.4. The van der Waals surface area contributed by atoms with Gasteiger partial charge in [0.2, 0.25) is 23.6 Å². The molecule has 0 aliphatic carbocycles. The van der Waals surface area contributed by atoms with Gasteiger partial charge in [-0.05, 0) is 43.9 Å². The molecule has 0 saturated carbocycles. The van der Waals surface area contributed by atoms with Crippen molar-refractivity contribution in [1.29, 1.82) is 0 Å². The molecule has 41 heavy (non-hydrogen) atoms. The first-order valence-electron chi connectivity index (χ1n) is 13.1. The number of aromatic nitrogens is 1. The number of fused-ring (bicyclic) bond motifs is 1. The fourth-order valence-corrected chi connectivity index (χ4v) is 4.14. The summed E-state index contributed by atoms with van der Waals surface area (Å²) >= 11 is 0. The van der Waals surface area contributed by atoms with Gasteiger partial charge in [0.05, 0.1) is 12.5 Å². The van der Waals surface area contributed by atoms with Gasteiger partial charge in [0, 0.05) is 29.9 Å². The number of nitrogens with one attached hydrogen (secondary N) is 4. The van der Waals surface area contributed by atoms with Crippen molar-refractivity contribution in [2.75, 3.05) is 6.54 Å². The third-order valence-corrected chi connectivity index (χ3v) is 6.34. The van der Waals surface area contributed by atoms with E-state index in [1.165, 1.54) is 0 Å². The minimum atomic E-state index is -1.43. The molecule has 0 aliphatic heterocycles. The van der Waals surface area contributed by atoms with E-state index in [1.54, 1.807) is 12.3 Å². The fraction of sp³-hybridized carbons (Fsp3) is 0.462. The zero-order valence-electron chi connectivity index (χ0n) is 22.4. The maximum absolute atomic E-state index is 13.5. The molecular formula is C26H37N7O8. The largest absolute Gasteiger partial charge is 0.481 e. The van der Waals surface area contributed by atoms with Gasteiger partial charge in [0.25, 0.3) is 0 Å². The molecule has 224 valence electrons. The number of carboxylic acids is 2. The summed E-state index contributed by atoms with van der Waals surface area (Å²) in [6.07, 6.45) is 1.46. The number of aliphatic carboxylic acids is 2. The third kappa shape index (κ3) is 10.5. The molecular weight excluding hydrogens is 538 g/mol. The molecule has 2 rings (SSSR count). The van der Waals surface area contributed by atoms with Gasteiger partial charge in [0.15, 0.2) is 0 Å². The number of amides is 4. The number of aromatic amines is 1. The monoisotopic (exact) mass is 575 g/mol. The van der Waals surface area contributed by atoms with E-state index in [9.17, 15) is 33.9 Å². The number of benzene rings is 1. The summed E-state index contributed by atoms with van der Waals surface area (Å²) in [5, 5.41) is 26.6. The lowest BCUT2D eigenvalue weighted by Gasteiger charge is -2.25. The Hall–Kier alpha value is -4.50. The van der Waals surface area contributed by atoms with Crippen molar-refractivity contribution in [2.45, 2.75) is 69.1 Å². The molecule has 12 N–H and O–H groups in total. The van der Waals surface area contributed by atoms with Crippen molar-refractivity contribution in [2.24, 2.45) is 17.2 Å². The van der Waals surface area contributed by atoms with Gasteiger partial charge < -0.3 is 48.3 Å². The molecule has 0 saturated heterocycles. The molecule has 1 aromatic carbocycles. The molecule has 15 heteroatoms. The van der Waals surface area contributed by atoms with Crippen LogP contribution >= 0.6 is 0 Å². The number of carbonyl (C=O) groups is 6. The molecule has 0 spiro atoms. The van der Waals surface area contributed by atoms with E-state index < -0.39 is 66.2 Å². The molecule has 15 nitrogen and oxygen atoms in total. The van der Waals surface area contributed by atoms with E-state index in [2.05, 4.69) is 20.9 Å². The SMILES string of the molecule is NCCCCC(NC(=O)C(Cc1c[nH]c2ccccc12)NC(=O)C(N)CC(=O)O)C(=O)NC(CCC(N)=O)C(=O)O. The predicted molar refractivity (Wildman–Crippen MR) is 147 cm³/mol. The molecule has 4 unspecified atom stereocenters. The maximum Gasteiger partial charge on any atom is 0.326 e. The number of H-pyrrole nitrogens is 1. The molecule has 1 aromatic heterocycles. The standard InChI is InChI=1S/C26H37N7O8/c27-10-4-3-7-18(24(38)32-19(26(40)41)8-9-21(29)34)31-25(39)20(33-23(37)16(28)12-22(35)36)11-14-13-30-17-6-2-1-5-15(14)17/h1-2,5-6,13,16,18-20,30H,3-4,7-12,27-28H2,(H2,29,34)(H,31,39)(H,32,38)(H,33,37)(H,35,36)(H,40,41). The van der Waals surface area contributed by atoms with Crippen LogP contribution in [0.2, 0.25) is 0 Å². The zero-order chi connectivity index (χ0) is 30.5. The van der Waals surface area contributed by atoms with Crippen LogP contribution < -0.4 is 33.2 Å². The third-order valence-electron chi connectivity index (χ3n) is 6.34. The molecule has 0 fully saturated rings. The number of carboxylic acid groups (broad SMARTS) is 2. The van der Waals surface area contributed by atoms with Gasteiger partial charge >= 0.3 is 11.9 Å². The molecule has 0 bridgehead atoms. The van der Waals surface area contributed by atoms with Gasteiger partial charge in [-0.2, -0.15) is 0 Å². The first kappa shape index (κ1) is 32.7. The lowest BCUT2D eigenvalue weighted by molar-refractivity contribution is -0.142. The highest BCUT2D eigenvalue weighted by atomic mass is 16.4. The van der Waals surface area contributed by atoms with Crippen molar-refractivity contribution in [1.82, 2.24) is 20.9 Å². The Kier molecular flexibility index (Phi) is 12.7. The number of hydrogen-bond acceptors (Lipinski definition) is 8. The predicted octanol–water partition coefficient (Wildman–Crippen LogP) is -1.55. The van der Waals surface area contributed by atoms with E-state index >= 15 is 0 Å². The fourth-order valence-electron chi connectivity index (χ4n) is 4.14. The van der Waals surface area contributed by atoms with Crippen molar-refractivity contribution in [3.05, 3.63) is 36.0 Å². The van der Waals surface area contributed by atoms with Crippen LogP contribution in [0.3, 0.4) is 0 Å². The van der Waals surface area contributed by atoms with Gasteiger partial charge in [0.1, 0.15) is 18.1 Å². The first-order valence-corrected chi connectivity index (χ1v) is 13.1. The number of para-hydroxylation sites is 1. The highest BCUT2D eigenvalue weighted by molar-refractivity contribution is 5.95. The normalized spacial score (nSPS) is 13.9. The summed E-state index contributed by atoms with van der Waals surface area (Å²) in [7, 11) is 0. The number of nitrogens with two attached hydrogens (primary N) is 3. The van der Waals surface area contributed by atoms with Crippen LogP contribution in [-0.4, -0.2) is 81.5 Å².